The number of ether oxygens (including phenoxy) is 3. The van der Waals surface area contributed by atoms with Gasteiger partial charge in [-0.2, -0.15) is 0 Å². The molecule has 0 radical (unpaired) electrons. The molecule has 1 N–H and O–H groups in total. The lowest BCUT2D eigenvalue weighted by atomic mass is 9.84. The van der Waals surface area contributed by atoms with Gasteiger partial charge in [-0.15, -0.1) is 0 Å². The largest absolute Gasteiger partial charge is 0.481 e. The number of rotatable bonds is 11. The van der Waals surface area contributed by atoms with Crippen molar-refractivity contribution in [2.24, 2.45) is 0 Å². The number of carbonyl (C=O) groups excluding carboxylic acids is 2. The van der Waals surface area contributed by atoms with E-state index in [9.17, 15) is 14.7 Å². The Morgan fingerprint density at radius 2 is 1.69 bits per heavy atom. The highest BCUT2D eigenvalue weighted by Gasteiger charge is 2.51. The van der Waals surface area contributed by atoms with Crippen molar-refractivity contribution in [1.82, 2.24) is 9.88 Å². The normalized spacial score (nSPS) is 17.9. The Bertz CT molecular complexity index is 1280. The fraction of sp³-hybridized carbons (Fsp3) is 0.387. The van der Waals surface area contributed by atoms with Crippen molar-refractivity contribution in [3.63, 3.8) is 0 Å². The van der Waals surface area contributed by atoms with Crippen molar-refractivity contribution >= 4 is 12.0 Å². The van der Waals surface area contributed by atoms with Crippen LogP contribution in [0.3, 0.4) is 0 Å². The van der Waals surface area contributed by atoms with Crippen LogP contribution >= 0.6 is 0 Å². The van der Waals surface area contributed by atoms with Crippen molar-refractivity contribution in [1.29, 1.82) is 0 Å². The molecule has 0 saturated carbocycles. The minimum Gasteiger partial charge on any atom is -0.481 e. The summed E-state index contributed by atoms with van der Waals surface area (Å²) in [6, 6.07) is 20.5. The zero-order chi connectivity index (χ0) is 28.0. The van der Waals surface area contributed by atoms with Crippen LogP contribution in [-0.2, 0) is 39.5 Å². The molecule has 3 aromatic rings. The molecule has 1 aliphatic heterocycles. The molecule has 1 aromatic heterocycles. The van der Waals surface area contributed by atoms with Crippen LogP contribution in [0.5, 0.6) is 5.88 Å². The van der Waals surface area contributed by atoms with Crippen LogP contribution in [0.2, 0.25) is 0 Å². The number of hydrogen-bond acceptors (Lipinski definition) is 7. The summed E-state index contributed by atoms with van der Waals surface area (Å²) in [7, 11) is 1.50. The van der Waals surface area contributed by atoms with Gasteiger partial charge >= 0.3 is 6.09 Å². The lowest BCUT2D eigenvalue weighted by molar-refractivity contribution is -0.135. The number of imide groups is 1. The van der Waals surface area contributed by atoms with Gasteiger partial charge in [0.2, 0.25) is 11.8 Å². The molecule has 206 valence electrons. The van der Waals surface area contributed by atoms with Gasteiger partial charge in [-0.25, -0.2) is 14.7 Å². The first-order chi connectivity index (χ1) is 18.7. The maximum Gasteiger partial charge on any atom is 0.417 e. The van der Waals surface area contributed by atoms with Crippen LogP contribution in [-0.4, -0.2) is 45.7 Å². The van der Waals surface area contributed by atoms with Crippen molar-refractivity contribution in [3.8, 4) is 5.88 Å². The number of aromatic nitrogens is 1. The zero-order valence-electron chi connectivity index (χ0n) is 22.9. The standard InChI is InChI=1S/C31H36N2O6/c1-5-31(36,25-16-17-32-28(37-4)24(25)21-38-20-23-14-10-7-11-15-23)19-27(34)33-26(30(2,3)39-29(33)35)18-22-12-8-6-9-13-22/h6-17,26,36H,5,18-21H2,1-4H3/t26-,31-/m0/s1. The van der Waals surface area contributed by atoms with Gasteiger partial charge in [-0.1, -0.05) is 67.6 Å². The highest BCUT2D eigenvalue weighted by atomic mass is 16.6. The van der Waals surface area contributed by atoms with Crippen molar-refractivity contribution in [2.75, 3.05) is 7.11 Å². The number of pyridine rings is 1. The highest BCUT2D eigenvalue weighted by molar-refractivity contribution is 5.94. The fourth-order valence-electron chi connectivity index (χ4n) is 5.05. The third-order valence-electron chi connectivity index (χ3n) is 7.30. The first-order valence-electron chi connectivity index (χ1n) is 13.1. The van der Waals surface area contributed by atoms with Crippen LogP contribution in [0.4, 0.5) is 4.79 Å². The molecule has 0 aliphatic carbocycles. The summed E-state index contributed by atoms with van der Waals surface area (Å²) in [4.78, 5) is 32.1. The van der Waals surface area contributed by atoms with E-state index >= 15 is 0 Å². The zero-order valence-corrected chi connectivity index (χ0v) is 22.9. The molecule has 0 bridgehead atoms. The number of aliphatic hydroxyl groups is 1. The Labute approximate surface area is 229 Å². The van der Waals surface area contributed by atoms with Crippen LogP contribution in [0.15, 0.2) is 72.9 Å². The lowest BCUT2D eigenvalue weighted by Crippen LogP contribution is -2.48. The molecule has 2 atom stereocenters. The van der Waals surface area contributed by atoms with E-state index in [1.807, 2.05) is 60.7 Å². The average Bonchev–Trinajstić information content (AvgIpc) is 3.16. The summed E-state index contributed by atoms with van der Waals surface area (Å²) in [5.41, 5.74) is 0.534. The van der Waals surface area contributed by atoms with E-state index in [0.29, 0.717) is 30.0 Å². The van der Waals surface area contributed by atoms with Gasteiger partial charge in [0.05, 0.1) is 38.4 Å². The quantitative estimate of drug-likeness (QED) is 0.364. The minimum atomic E-state index is -1.59. The minimum absolute atomic E-state index is 0.118. The van der Waals surface area contributed by atoms with Gasteiger partial charge in [-0.3, -0.25) is 4.79 Å². The summed E-state index contributed by atoms with van der Waals surface area (Å²) < 4.78 is 17.1. The van der Waals surface area contributed by atoms with Gasteiger partial charge in [-0.05, 0) is 49.4 Å². The van der Waals surface area contributed by atoms with Gasteiger partial charge in [0.25, 0.3) is 0 Å². The molecule has 0 spiro atoms. The van der Waals surface area contributed by atoms with Crippen molar-refractivity contribution in [3.05, 3.63) is 95.2 Å². The molecule has 39 heavy (non-hydrogen) atoms. The van der Waals surface area contributed by atoms with Crippen LogP contribution in [0, 0.1) is 0 Å². The summed E-state index contributed by atoms with van der Waals surface area (Å²) in [5.74, 6) is -0.202. The molecule has 2 heterocycles. The number of nitrogens with zero attached hydrogens (tertiary/aromatic N) is 2. The maximum atomic E-state index is 13.7. The van der Waals surface area contributed by atoms with E-state index < -0.39 is 29.2 Å². The second-order valence-electron chi connectivity index (χ2n) is 10.3. The summed E-state index contributed by atoms with van der Waals surface area (Å²) in [6.07, 6.45) is 1.16. The first kappa shape index (κ1) is 28.3. The topological polar surface area (TPSA) is 98.2 Å². The molecule has 8 heteroatoms. The van der Waals surface area contributed by atoms with Gasteiger partial charge in [0.15, 0.2) is 0 Å². The Morgan fingerprint density at radius 3 is 2.31 bits per heavy atom. The summed E-state index contributed by atoms with van der Waals surface area (Å²) in [5, 5.41) is 11.9. The highest BCUT2D eigenvalue weighted by Crippen LogP contribution is 2.38. The van der Waals surface area contributed by atoms with E-state index in [2.05, 4.69) is 4.98 Å². The van der Waals surface area contributed by atoms with Gasteiger partial charge < -0.3 is 19.3 Å². The molecule has 0 unspecified atom stereocenters. The summed E-state index contributed by atoms with van der Waals surface area (Å²) >= 11 is 0. The maximum absolute atomic E-state index is 13.7. The lowest BCUT2D eigenvalue weighted by Gasteiger charge is -2.33. The molecule has 8 nitrogen and oxygen atoms in total. The SMILES string of the molecule is CC[C@](O)(CC(=O)N1C(=O)OC(C)(C)[C@@H]1Cc1ccccc1)c1ccnc(OC)c1COCc1ccccc1. The van der Waals surface area contributed by atoms with Gasteiger partial charge in [0, 0.05) is 11.8 Å². The third-order valence-corrected chi connectivity index (χ3v) is 7.30. The molecule has 1 aliphatic rings. The molecule has 2 aromatic carbocycles. The summed E-state index contributed by atoms with van der Waals surface area (Å²) in [6.45, 7) is 5.87. The van der Waals surface area contributed by atoms with E-state index in [-0.39, 0.29) is 19.4 Å². The number of amides is 2. The molecular weight excluding hydrogens is 496 g/mol. The number of methoxy groups -OCH3 is 1. The van der Waals surface area contributed by atoms with Crippen LogP contribution < -0.4 is 4.74 Å². The Kier molecular flexibility index (Phi) is 8.67. The second-order valence-corrected chi connectivity index (χ2v) is 10.3. The van der Waals surface area contributed by atoms with Gasteiger partial charge in [0.1, 0.15) is 5.60 Å². The van der Waals surface area contributed by atoms with E-state index in [1.54, 1.807) is 26.8 Å². The van der Waals surface area contributed by atoms with E-state index in [1.165, 1.54) is 13.3 Å². The van der Waals surface area contributed by atoms with Crippen LogP contribution in [0.25, 0.3) is 0 Å². The predicted octanol–water partition coefficient (Wildman–Crippen LogP) is 5.16. The number of hydrogen-bond donors (Lipinski definition) is 1. The van der Waals surface area contributed by atoms with Crippen LogP contribution in [0.1, 0.15) is 55.9 Å². The first-order valence-corrected chi connectivity index (χ1v) is 13.1. The van der Waals surface area contributed by atoms with E-state index in [0.717, 1.165) is 16.0 Å². The molecule has 1 fully saturated rings. The molecule has 2 amide bonds. The molecule has 4 rings (SSSR count). The monoisotopic (exact) mass is 532 g/mol. The van der Waals surface area contributed by atoms with Crippen molar-refractivity contribution < 1.29 is 28.9 Å². The second kappa shape index (κ2) is 12.0. The number of carbonyl (C=O) groups is 2. The smallest absolute Gasteiger partial charge is 0.417 e. The Balaban J connectivity index is 1.59. The fourth-order valence-corrected chi connectivity index (χ4v) is 5.05. The molecular formula is C31H36N2O6. The third kappa shape index (κ3) is 6.29. The molecule has 1 saturated heterocycles. The number of cyclic esters (lactones) is 1. The predicted molar refractivity (Wildman–Crippen MR) is 146 cm³/mol. The van der Waals surface area contributed by atoms with E-state index in [4.69, 9.17) is 14.2 Å². The average molecular weight is 533 g/mol. The van der Waals surface area contributed by atoms with Crippen molar-refractivity contribution in [2.45, 2.75) is 70.5 Å². The Hall–Kier alpha value is -3.75. The number of benzene rings is 2. The Morgan fingerprint density at radius 1 is 1.05 bits per heavy atom.